The third-order valence-corrected chi connectivity index (χ3v) is 4.25. The van der Waals surface area contributed by atoms with Crippen molar-refractivity contribution in [1.82, 2.24) is 15.2 Å². The zero-order chi connectivity index (χ0) is 12.8. The summed E-state index contributed by atoms with van der Waals surface area (Å²) in [4.78, 5) is 6.56. The summed E-state index contributed by atoms with van der Waals surface area (Å²) in [5, 5.41) is 3.63. The van der Waals surface area contributed by atoms with E-state index in [-0.39, 0.29) is 0 Å². The van der Waals surface area contributed by atoms with Gasteiger partial charge in [0.25, 0.3) is 0 Å². The van der Waals surface area contributed by atoms with Crippen LogP contribution in [0, 0.1) is 0 Å². The van der Waals surface area contributed by atoms with Crippen molar-refractivity contribution in [3.05, 3.63) is 30.1 Å². The Bertz CT molecular complexity index is 342. The molecule has 0 bridgehead atoms. The highest BCUT2D eigenvalue weighted by Gasteiger charge is 2.35. The lowest BCUT2D eigenvalue weighted by molar-refractivity contribution is 0.154. The molecule has 3 heteroatoms. The maximum atomic E-state index is 4.15. The number of rotatable bonds is 6. The monoisotopic (exact) mass is 247 g/mol. The van der Waals surface area contributed by atoms with Gasteiger partial charge in [0.15, 0.2) is 0 Å². The van der Waals surface area contributed by atoms with Crippen molar-refractivity contribution < 1.29 is 0 Å². The Kier molecular flexibility index (Phi) is 4.72. The van der Waals surface area contributed by atoms with E-state index in [4.69, 9.17) is 0 Å². The van der Waals surface area contributed by atoms with Gasteiger partial charge in [0.2, 0.25) is 0 Å². The molecule has 18 heavy (non-hydrogen) atoms. The molecule has 0 aromatic carbocycles. The molecular formula is C15H25N3. The van der Waals surface area contributed by atoms with Crippen LogP contribution in [0.2, 0.25) is 0 Å². The maximum Gasteiger partial charge on any atom is 0.0327 e. The lowest BCUT2D eigenvalue weighted by Gasteiger charge is -2.36. The van der Waals surface area contributed by atoms with Gasteiger partial charge in [-0.05, 0) is 51.5 Å². The predicted molar refractivity (Wildman–Crippen MR) is 75.7 cm³/mol. The minimum absolute atomic E-state index is 0.398. The van der Waals surface area contributed by atoms with E-state index in [0.717, 1.165) is 19.5 Å². The molecule has 1 aliphatic rings. The molecule has 0 atom stereocenters. The molecule has 0 radical (unpaired) electrons. The Morgan fingerprint density at radius 2 is 2.11 bits per heavy atom. The standard InChI is InChI=1S/C15H25N3/c1-18(2)15(8-3-4-9-15)13-17-11-7-14-6-5-10-16-12-14/h5-6,10,12,17H,3-4,7-9,11,13H2,1-2H3. The smallest absolute Gasteiger partial charge is 0.0327 e. The van der Waals surface area contributed by atoms with Crippen LogP contribution in [-0.2, 0) is 6.42 Å². The van der Waals surface area contributed by atoms with Gasteiger partial charge in [-0.15, -0.1) is 0 Å². The van der Waals surface area contributed by atoms with Gasteiger partial charge < -0.3 is 10.2 Å². The zero-order valence-electron chi connectivity index (χ0n) is 11.7. The normalized spacial score (nSPS) is 18.4. The Balaban J connectivity index is 1.74. The number of nitrogens with zero attached hydrogens (tertiary/aromatic N) is 2. The van der Waals surface area contributed by atoms with Crippen molar-refractivity contribution >= 4 is 0 Å². The van der Waals surface area contributed by atoms with Crippen molar-refractivity contribution in [2.45, 2.75) is 37.6 Å². The molecule has 0 saturated heterocycles. The van der Waals surface area contributed by atoms with Crippen LogP contribution in [0.3, 0.4) is 0 Å². The summed E-state index contributed by atoms with van der Waals surface area (Å²) in [6.07, 6.45) is 10.3. The number of likely N-dealkylation sites (N-methyl/N-ethyl adjacent to an activating group) is 1. The fraction of sp³-hybridized carbons (Fsp3) is 0.667. The van der Waals surface area contributed by atoms with E-state index in [0.29, 0.717) is 5.54 Å². The number of aromatic nitrogens is 1. The molecule has 1 heterocycles. The van der Waals surface area contributed by atoms with Gasteiger partial charge >= 0.3 is 0 Å². The third-order valence-electron chi connectivity index (χ3n) is 4.25. The second-order valence-corrected chi connectivity index (χ2v) is 5.61. The van der Waals surface area contributed by atoms with Crippen LogP contribution in [0.15, 0.2) is 24.5 Å². The molecule has 1 fully saturated rings. The van der Waals surface area contributed by atoms with E-state index in [1.165, 1.54) is 31.2 Å². The summed E-state index contributed by atoms with van der Waals surface area (Å²) in [6.45, 7) is 2.15. The Morgan fingerprint density at radius 1 is 1.33 bits per heavy atom. The molecule has 1 N–H and O–H groups in total. The molecule has 1 saturated carbocycles. The SMILES string of the molecule is CN(C)C1(CNCCc2cccnc2)CCCC1. The lowest BCUT2D eigenvalue weighted by atomic mass is 9.96. The fourth-order valence-electron chi connectivity index (χ4n) is 2.92. The second-order valence-electron chi connectivity index (χ2n) is 5.61. The van der Waals surface area contributed by atoms with Gasteiger partial charge in [-0.25, -0.2) is 0 Å². The van der Waals surface area contributed by atoms with Crippen LogP contribution in [0.1, 0.15) is 31.2 Å². The maximum absolute atomic E-state index is 4.15. The topological polar surface area (TPSA) is 28.2 Å². The summed E-state index contributed by atoms with van der Waals surface area (Å²) in [7, 11) is 4.43. The first kappa shape index (κ1) is 13.5. The van der Waals surface area contributed by atoms with E-state index < -0.39 is 0 Å². The third kappa shape index (κ3) is 3.30. The molecule has 1 aliphatic carbocycles. The average molecular weight is 247 g/mol. The van der Waals surface area contributed by atoms with Gasteiger partial charge in [0, 0.05) is 24.5 Å². The number of pyridine rings is 1. The van der Waals surface area contributed by atoms with Gasteiger partial charge in [-0.3, -0.25) is 4.98 Å². The largest absolute Gasteiger partial charge is 0.315 e. The molecule has 2 rings (SSSR count). The highest BCUT2D eigenvalue weighted by Crippen LogP contribution is 2.32. The van der Waals surface area contributed by atoms with E-state index in [9.17, 15) is 0 Å². The molecule has 0 unspecified atom stereocenters. The van der Waals surface area contributed by atoms with Crippen molar-refractivity contribution in [3.63, 3.8) is 0 Å². The summed E-state index contributed by atoms with van der Waals surface area (Å²) in [6, 6.07) is 4.15. The summed E-state index contributed by atoms with van der Waals surface area (Å²) in [5.74, 6) is 0. The van der Waals surface area contributed by atoms with E-state index >= 15 is 0 Å². The zero-order valence-corrected chi connectivity index (χ0v) is 11.7. The lowest BCUT2D eigenvalue weighted by Crippen LogP contribution is -2.49. The summed E-state index contributed by atoms with van der Waals surface area (Å²) >= 11 is 0. The van der Waals surface area contributed by atoms with Crippen molar-refractivity contribution in [2.75, 3.05) is 27.2 Å². The minimum Gasteiger partial charge on any atom is -0.315 e. The van der Waals surface area contributed by atoms with E-state index in [1.807, 2.05) is 18.5 Å². The van der Waals surface area contributed by atoms with Gasteiger partial charge in [0.05, 0.1) is 0 Å². The Labute approximate surface area is 111 Å². The average Bonchev–Trinajstić information content (AvgIpc) is 2.86. The van der Waals surface area contributed by atoms with Crippen LogP contribution >= 0.6 is 0 Å². The number of nitrogens with one attached hydrogen (secondary N) is 1. The van der Waals surface area contributed by atoms with Crippen LogP contribution in [0.4, 0.5) is 0 Å². The highest BCUT2D eigenvalue weighted by molar-refractivity contribution is 5.08. The number of hydrogen-bond donors (Lipinski definition) is 1. The van der Waals surface area contributed by atoms with Crippen molar-refractivity contribution in [1.29, 1.82) is 0 Å². The first-order valence-corrected chi connectivity index (χ1v) is 7.00. The first-order valence-electron chi connectivity index (χ1n) is 7.00. The van der Waals surface area contributed by atoms with Crippen molar-refractivity contribution in [2.24, 2.45) is 0 Å². The van der Waals surface area contributed by atoms with Crippen LogP contribution in [-0.4, -0.2) is 42.6 Å². The molecule has 0 spiro atoms. The van der Waals surface area contributed by atoms with E-state index in [2.05, 4.69) is 35.4 Å². The molecular weight excluding hydrogens is 222 g/mol. The molecule has 0 amide bonds. The first-order chi connectivity index (χ1) is 8.73. The van der Waals surface area contributed by atoms with Gasteiger partial charge in [0.1, 0.15) is 0 Å². The van der Waals surface area contributed by atoms with Gasteiger partial charge in [-0.2, -0.15) is 0 Å². The predicted octanol–water partition coefficient (Wildman–Crippen LogP) is 2.09. The van der Waals surface area contributed by atoms with Crippen LogP contribution in [0.25, 0.3) is 0 Å². The van der Waals surface area contributed by atoms with Gasteiger partial charge in [-0.1, -0.05) is 18.9 Å². The van der Waals surface area contributed by atoms with Crippen molar-refractivity contribution in [3.8, 4) is 0 Å². The summed E-state index contributed by atoms with van der Waals surface area (Å²) < 4.78 is 0. The fourth-order valence-corrected chi connectivity index (χ4v) is 2.92. The summed E-state index contributed by atoms with van der Waals surface area (Å²) in [5.41, 5.74) is 1.71. The second kappa shape index (κ2) is 6.30. The van der Waals surface area contributed by atoms with Crippen LogP contribution in [0.5, 0.6) is 0 Å². The highest BCUT2D eigenvalue weighted by atomic mass is 15.2. The van der Waals surface area contributed by atoms with Crippen LogP contribution < -0.4 is 5.32 Å². The quantitative estimate of drug-likeness (QED) is 0.780. The molecule has 0 aliphatic heterocycles. The molecule has 1 aromatic rings. The Hall–Kier alpha value is -0.930. The molecule has 1 aromatic heterocycles. The Morgan fingerprint density at radius 3 is 2.72 bits per heavy atom. The number of hydrogen-bond acceptors (Lipinski definition) is 3. The molecule has 3 nitrogen and oxygen atoms in total. The van der Waals surface area contributed by atoms with E-state index in [1.54, 1.807) is 0 Å². The molecule has 100 valence electrons. The minimum atomic E-state index is 0.398.